The first-order valence-corrected chi connectivity index (χ1v) is 9.82. The number of aliphatic carboxylic acids is 1. The summed E-state index contributed by atoms with van der Waals surface area (Å²) in [5.41, 5.74) is 6.20. The molecule has 0 aliphatic rings. The first kappa shape index (κ1) is 22.2. The molecule has 0 unspecified atom stereocenters. The molecule has 10 nitrogen and oxygen atoms in total. The van der Waals surface area contributed by atoms with E-state index in [9.17, 15) is 19.5 Å². The third kappa shape index (κ3) is 7.84. The Morgan fingerprint density at radius 3 is 2.62 bits per heavy atom. The number of benzene rings is 1. The van der Waals surface area contributed by atoms with E-state index in [2.05, 4.69) is 20.8 Å². The minimum Gasteiger partial charge on any atom is -0.480 e. The van der Waals surface area contributed by atoms with Crippen LogP contribution in [0.2, 0.25) is 0 Å². The molecule has 2 amide bonds. The number of ether oxygens (including phenoxy) is 1. The predicted molar refractivity (Wildman–Crippen MR) is 105 cm³/mol. The van der Waals surface area contributed by atoms with Gasteiger partial charge in [-0.25, -0.2) is 9.59 Å². The number of hydrogen-bond acceptors (Lipinski definition) is 8. The number of rotatable bonds is 11. The van der Waals surface area contributed by atoms with Gasteiger partial charge in [0.2, 0.25) is 5.01 Å². The van der Waals surface area contributed by atoms with Crippen LogP contribution in [-0.2, 0) is 22.6 Å². The molecule has 0 bridgehead atoms. The molecule has 0 radical (unpaired) electrons. The van der Waals surface area contributed by atoms with Crippen molar-refractivity contribution in [2.45, 2.75) is 31.9 Å². The van der Waals surface area contributed by atoms with Gasteiger partial charge in [0, 0.05) is 13.0 Å². The maximum atomic E-state index is 12.2. The number of nitrogens with one attached hydrogen (secondary N) is 2. The summed E-state index contributed by atoms with van der Waals surface area (Å²) < 4.78 is 4.99. The molecular weight excluding hydrogens is 398 g/mol. The normalized spacial score (nSPS) is 11.5. The highest BCUT2D eigenvalue weighted by Crippen LogP contribution is 2.12. The van der Waals surface area contributed by atoms with Crippen LogP contribution in [0.5, 0.6) is 0 Å². The minimum atomic E-state index is -1.35. The zero-order chi connectivity index (χ0) is 21.1. The highest BCUT2D eigenvalue weighted by Gasteiger charge is 2.23. The Hall–Kier alpha value is -3.05. The molecule has 2 rings (SSSR count). The quantitative estimate of drug-likeness (QED) is 0.390. The molecule has 0 saturated carbocycles. The number of aromatic nitrogens is 2. The van der Waals surface area contributed by atoms with Crippen molar-refractivity contribution in [3.05, 3.63) is 45.9 Å². The van der Waals surface area contributed by atoms with Gasteiger partial charge in [-0.3, -0.25) is 4.79 Å². The molecule has 1 atom stereocenters. The number of nitrogens with two attached hydrogens (primary N) is 1. The number of amides is 2. The van der Waals surface area contributed by atoms with Gasteiger partial charge >= 0.3 is 12.1 Å². The molecule has 5 N–H and O–H groups in total. The minimum absolute atomic E-state index is 0.00306. The number of carboxylic acids is 1. The predicted octanol–water partition coefficient (Wildman–Crippen LogP) is 0.929. The summed E-state index contributed by atoms with van der Waals surface area (Å²) in [5, 5.41) is 22.5. The zero-order valence-corrected chi connectivity index (χ0v) is 16.5. The van der Waals surface area contributed by atoms with E-state index in [-0.39, 0.29) is 18.2 Å². The topological polar surface area (TPSA) is 157 Å². The van der Waals surface area contributed by atoms with Crippen LogP contribution in [0.3, 0.4) is 0 Å². The van der Waals surface area contributed by atoms with Gasteiger partial charge in [0.1, 0.15) is 17.7 Å². The fourth-order valence-corrected chi connectivity index (χ4v) is 3.04. The number of carboxylic acid groups (broad SMARTS) is 1. The fourth-order valence-electron chi connectivity index (χ4n) is 2.24. The summed E-state index contributed by atoms with van der Waals surface area (Å²) >= 11 is 1.14. The second kappa shape index (κ2) is 11.7. The Morgan fingerprint density at radius 2 is 1.93 bits per heavy atom. The maximum Gasteiger partial charge on any atom is 0.408 e. The molecule has 11 heteroatoms. The van der Waals surface area contributed by atoms with Crippen LogP contribution in [-0.4, -0.2) is 52.4 Å². The van der Waals surface area contributed by atoms with Crippen LogP contribution in [0.25, 0.3) is 0 Å². The molecule has 2 aromatic rings. The summed E-state index contributed by atoms with van der Waals surface area (Å²) in [7, 11) is 0. The molecule has 1 heterocycles. The summed E-state index contributed by atoms with van der Waals surface area (Å²) in [6, 6.07) is 7.61. The molecule has 29 heavy (non-hydrogen) atoms. The van der Waals surface area contributed by atoms with Crippen molar-refractivity contribution in [1.82, 2.24) is 20.8 Å². The number of alkyl carbamates (subject to hydrolysis) is 1. The Balaban J connectivity index is 1.80. The van der Waals surface area contributed by atoms with Gasteiger partial charge < -0.3 is 26.2 Å². The van der Waals surface area contributed by atoms with Crippen LogP contribution < -0.4 is 16.4 Å². The van der Waals surface area contributed by atoms with Gasteiger partial charge in [0.25, 0.3) is 5.91 Å². The van der Waals surface area contributed by atoms with Crippen molar-refractivity contribution in [1.29, 1.82) is 0 Å². The monoisotopic (exact) mass is 421 g/mol. The number of unbranched alkanes of at least 4 members (excludes halogenated alkanes) is 1. The van der Waals surface area contributed by atoms with Crippen LogP contribution in [0, 0.1) is 0 Å². The van der Waals surface area contributed by atoms with Crippen LogP contribution in [0.4, 0.5) is 4.79 Å². The van der Waals surface area contributed by atoms with Gasteiger partial charge in [0.15, 0.2) is 0 Å². The molecule has 1 aromatic carbocycles. The Labute approximate surface area is 171 Å². The Bertz CT molecular complexity index is 814. The first-order valence-electron chi connectivity index (χ1n) is 9.00. The SMILES string of the molecule is NCCCCc1nnc(C(=O)NC[C@H](NC(=O)OCc2ccccc2)C(=O)O)s1. The van der Waals surface area contributed by atoms with Crippen molar-refractivity contribution in [3.8, 4) is 0 Å². The highest BCUT2D eigenvalue weighted by atomic mass is 32.1. The van der Waals surface area contributed by atoms with E-state index in [0.29, 0.717) is 18.0 Å². The number of carbonyl (C=O) groups is 3. The molecule has 0 spiro atoms. The van der Waals surface area contributed by atoms with Gasteiger partial charge in [-0.15, -0.1) is 10.2 Å². The van der Waals surface area contributed by atoms with Crippen LogP contribution >= 0.6 is 11.3 Å². The molecule has 156 valence electrons. The zero-order valence-electron chi connectivity index (χ0n) is 15.7. The first-order chi connectivity index (χ1) is 14.0. The summed E-state index contributed by atoms with van der Waals surface area (Å²) in [5.74, 6) is -1.86. The van der Waals surface area contributed by atoms with Crippen molar-refractivity contribution in [2.24, 2.45) is 5.73 Å². The third-order valence-corrected chi connectivity index (χ3v) is 4.76. The molecule has 0 fully saturated rings. The number of hydrogen-bond donors (Lipinski definition) is 4. The van der Waals surface area contributed by atoms with Crippen LogP contribution in [0.15, 0.2) is 30.3 Å². The Morgan fingerprint density at radius 1 is 1.17 bits per heavy atom. The van der Waals surface area contributed by atoms with Crippen molar-refractivity contribution in [2.75, 3.05) is 13.1 Å². The van der Waals surface area contributed by atoms with Gasteiger partial charge in [-0.2, -0.15) is 0 Å². The largest absolute Gasteiger partial charge is 0.480 e. The fraction of sp³-hybridized carbons (Fsp3) is 0.389. The lowest BCUT2D eigenvalue weighted by Gasteiger charge is -2.15. The van der Waals surface area contributed by atoms with Gasteiger partial charge in [-0.05, 0) is 24.9 Å². The van der Waals surface area contributed by atoms with E-state index in [4.69, 9.17) is 10.5 Å². The standard InChI is InChI=1S/C18H23N5O5S/c19-9-5-4-8-14-22-23-16(29-14)15(24)20-10-13(17(25)26)21-18(27)28-11-12-6-2-1-3-7-12/h1-3,6-7,13H,4-5,8-11,19H2,(H,20,24)(H,21,27)(H,25,26)/t13-/m0/s1. The molecule has 0 aliphatic carbocycles. The third-order valence-electron chi connectivity index (χ3n) is 3.78. The van der Waals surface area contributed by atoms with E-state index >= 15 is 0 Å². The van der Waals surface area contributed by atoms with Crippen molar-refractivity contribution < 1.29 is 24.2 Å². The summed E-state index contributed by atoms with van der Waals surface area (Å²) in [4.78, 5) is 35.3. The van der Waals surface area contributed by atoms with E-state index in [1.165, 1.54) is 0 Å². The van der Waals surface area contributed by atoms with E-state index in [0.717, 1.165) is 29.7 Å². The van der Waals surface area contributed by atoms with Crippen LogP contribution in [0.1, 0.15) is 33.2 Å². The lowest BCUT2D eigenvalue weighted by molar-refractivity contribution is -0.139. The Kier molecular flexibility index (Phi) is 8.99. The van der Waals surface area contributed by atoms with E-state index in [1.807, 2.05) is 6.07 Å². The summed E-state index contributed by atoms with van der Waals surface area (Å²) in [6.45, 7) is 0.267. The average molecular weight is 421 g/mol. The average Bonchev–Trinajstić information content (AvgIpc) is 3.19. The molecule has 1 aromatic heterocycles. The second-order valence-corrected chi connectivity index (χ2v) is 7.12. The lowest BCUT2D eigenvalue weighted by atomic mass is 10.2. The van der Waals surface area contributed by atoms with E-state index in [1.54, 1.807) is 24.3 Å². The number of aryl methyl sites for hydroxylation is 1. The smallest absolute Gasteiger partial charge is 0.408 e. The molecule has 0 saturated heterocycles. The lowest BCUT2D eigenvalue weighted by Crippen LogP contribution is -2.48. The van der Waals surface area contributed by atoms with Gasteiger partial charge in [-0.1, -0.05) is 41.7 Å². The van der Waals surface area contributed by atoms with Gasteiger partial charge in [0.05, 0.1) is 0 Å². The van der Waals surface area contributed by atoms with E-state index < -0.39 is 24.0 Å². The summed E-state index contributed by atoms with van der Waals surface area (Å²) in [6.07, 6.45) is 1.49. The highest BCUT2D eigenvalue weighted by molar-refractivity contribution is 7.13. The number of carbonyl (C=O) groups excluding carboxylic acids is 2. The molecular formula is C18H23N5O5S. The maximum absolute atomic E-state index is 12.2. The second-order valence-electron chi connectivity index (χ2n) is 6.05. The molecule has 0 aliphatic heterocycles. The van der Waals surface area contributed by atoms with Crippen molar-refractivity contribution in [3.63, 3.8) is 0 Å². The van der Waals surface area contributed by atoms with Crippen molar-refractivity contribution >= 4 is 29.3 Å². The number of nitrogens with zero attached hydrogens (tertiary/aromatic N) is 2.